The number of allylic oxidation sites excluding steroid dienone is 16. The molecule has 0 heterocycles. The van der Waals surface area contributed by atoms with E-state index in [1.807, 2.05) is 6.08 Å². The Morgan fingerprint density at radius 1 is 0.309 bits per heavy atom. The van der Waals surface area contributed by atoms with E-state index >= 15 is 0 Å². The second kappa shape index (κ2) is 55.9. The first-order valence-electron chi connectivity index (χ1n) is 28.2. The zero-order valence-corrected chi connectivity index (χ0v) is 44.3. The predicted molar refractivity (Wildman–Crippen MR) is 293 cm³/mol. The Hall–Kier alpha value is -3.67. The van der Waals surface area contributed by atoms with Gasteiger partial charge in [-0.05, 0) is 89.9 Å². The fraction of sp³-hybridized carbons (Fsp3) is 0.694. The first kappa shape index (κ1) is 64.3. The summed E-state index contributed by atoms with van der Waals surface area (Å²) in [5.41, 5.74) is 0. The van der Waals surface area contributed by atoms with E-state index in [1.165, 1.54) is 122 Å². The van der Waals surface area contributed by atoms with Crippen molar-refractivity contribution in [1.82, 2.24) is 0 Å². The van der Waals surface area contributed by atoms with E-state index in [0.29, 0.717) is 19.3 Å². The summed E-state index contributed by atoms with van der Waals surface area (Å²) in [7, 11) is 0. The Balaban J connectivity index is 4.50. The minimum Gasteiger partial charge on any atom is -0.462 e. The van der Waals surface area contributed by atoms with Gasteiger partial charge < -0.3 is 14.2 Å². The van der Waals surface area contributed by atoms with Crippen LogP contribution in [-0.2, 0) is 28.6 Å². The normalized spacial score (nSPS) is 12.8. The van der Waals surface area contributed by atoms with Gasteiger partial charge >= 0.3 is 17.9 Å². The largest absolute Gasteiger partial charge is 0.462 e. The lowest BCUT2D eigenvalue weighted by Gasteiger charge is -2.18. The molecule has 388 valence electrons. The molecule has 0 amide bonds. The average Bonchev–Trinajstić information content (AvgIpc) is 3.34. The Morgan fingerprint density at radius 2 is 0.603 bits per heavy atom. The van der Waals surface area contributed by atoms with Crippen molar-refractivity contribution in [2.45, 2.75) is 264 Å². The van der Waals surface area contributed by atoms with Crippen molar-refractivity contribution in [2.75, 3.05) is 13.2 Å². The molecule has 1 unspecified atom stereocenters. The van der Waals surface area contributed by atoms with Crippen LogP contribution in [0.4, 0.5) is 0 Å². The molecule has 0 radical (unpaired) electrons. The molecule has 0 aromatic rings. The van der Waals surface area contributed by atoms with E-state index in [2.05, 4.69) is 112 Å². The van der Waals surface area contributed by atoms with E-state index in [9.17, 15) is 14.4 Å². The molecule has 68 heavy (non-hydrogen) atoms. The molecule has 0 spiro atoms. The Morgan fingerprint density at radius 3 is 1.00 bits per heavy atom. The molecule has 6 heteroatoms. The zero-order chi connectivity index (χ0) is 49.3. The minimum absolute atomic E-state index is 0.103. The number of hydrogen-bond acceptors (Lipinski definition) is 6. The van der Waals surface area contributed by atoms with Crippen LogP contribution in [0.5, 0.6) is 0 Å². The van der Waals surface area contributed by atoms with Gasteiger partial charge in [-0.2, -0.15) is 0 Å². The zero-order valence-electron chi connectivity index (χ0n) is 44.3. The van der Waals surface area contributed by atoms with Gasteiger partial charge in [0.2, 0.25) is 0 Å². The van der Waals surface area contributed by atoms with E-state index in [4.69, 9.17) is 14.2 Å². The Kier molecular flexibility index (Phi) is 52.9. The number of rotatable bonds is 50. The van der Waals surface area contributed by atoms with E-state index in [1.54, 1.807) is 0 Å². The van der Waals surface area contributed by atoms with Gasteiger partial charge in [0.1, 0.15) is 13.2 Å². The molecular formula is C62H104O6. The van der Waals surface area contributed by atoms with Crippen molar-refractivity contribution in [3.8, 4) is 0 Å². The predicted octanol–water partition coefficient (Wildman–Crippen LogP) is 18.9. The van der Waals surface area contributed by atoms with Crippen molar-refractivity contribution >= 4 is 17.9 Å². The van der Waals surface area contributed by atoms with Crippen LogP contribution in [-0.4, -0.2) is 37.2 Å². The number of unbranched alkanes of at least 4 members (excludes halogenated alkanes) is 23. The lowest BCUT2D eigenvalue weighted by Crippen LogP contribution is -2.30. The van der Waals surface area contributed by atoms with Gasteiger partial charge in [0.15, 0.2) is 6.10 Å². The summed E-state index contributed by atoms with van der Waals surface area (Å²) in [6.07, 6.45) is 74.0. The molecule has 0 aliphatic rings. The van der Waals surface area contributed by atoms with Crippen molar-refractivity contribution in [3.05, 3.63) is 97.2 Å². The minimum atomic E-state index is -0.812. The van der Waals surface area contributed by atoms with Gasteiger partial charge in [0.25, 0.3) is 0 Å². The molecule has 0 saturated heterocycles. The van der Waals surface area contributed by atoms with Crippen LogP contribution in [0.25, 0.3) is 0 Å². The lowest BCUT2D eigenvalue weighted by molar-refractivity contribution is -0.166. The lowest BCUT2D eigenvalue weighted by atomic mass is 10.0. The summed E-state index contributed by atoms with van der Waals surface area (Å²) in [6, 6.07) is 0. The highest BCUT2D eigenvalue weighted by molar-refractivity contribution is 5.71. The molecule has 0 fully saturated rings. The maximum absolute atomic E-state index is 12.8. The van der Waals surface area contributed by atoms with Crippen LogP contribution in [0, 0.1) is 0 Å². The van der Waals surface area contributed by atoms with Crippen LogP contribution >= 0.6 is 0 Å². The fourth-order valence-corrected chi connectivity index (χ4v) is 7.62. The summed E-state index contributed by atoms with van der Waals surface area (Å²) >= 11 is 0. The van der Waals surface area contributed by atoms with E-state index < -0.39 is 6.10 Å². The van der Waals surface area contributed by atoms with Gasteiger partial charge in [-0.3, -0.25) is 14.4 Å². The molecule has 0 aromatic heterocycles. The van der Waals surface area contributed by atoms with Gasteiger partial charge in [-0.1, -0.05) is 246 Å². The van der Waals surface area contributed by atoms with Crippen LogP contribution in [0.15, 0.2) is 97.2 Å². The molecule has 1 atom stereocenters. The summed E-state index contributed by atoms with van der Waals surface area (Å²) in [6.45, 7) is 6.44. The van der Waals surface area contributed by atoms with Crippen molar-refractivity contribution in [2.24, 2.45) is 0 Å². The third kappa shape index (κ3) is 53.3. The standard InChI is InChI=1S/C62H104O6/c1-4-7-10-13-16-19-22-25-27-29-31-33-34-37-40-43-46-49-52-55-61(64)67-58-59(57-66-60(63)54-51-48-45-42-39-36-24-21-18-15-12-9-6-3)68-62(65)56-53-50-47-44-41-38-35-32-30-28-26-23-20-17-14-11-8-5-2/h7,10,16,19-20,23,25,27-28,30-31,33,37,40,46,49,59H,4-6,8-9,11-15,17-18,21-22,24,26,29,32,34-36,38-39,41-45,47-48,50-58H2,1-3H3/b10-7-,19-16-,23-20-,27-25-,30-28-,33-31-,40-37-,49-46-. The third-order valence-corrected chi connectivity index (χ3v) is 11.8. The number of carbonyl (C=O) groups excluding carboxylic acids is 3. The number of ether oxygens (including phenoxy) is 3. The quantitative estimate of drug-likeness (QED) is 0.0262. The number of hydrogen-bond donors (Lipinski definition) is 0. The molecule has 0 bridgehead atoms. The van der Waals surface area contributed by atoms with E-state index in [-0.39, 0.29) is 37.5 Å². The molecule has 0 aliphatic carbocycles. The molecule has 6 nitrogen and oxygen atoms in total. The Labute approximate surface area is 419 Å². The SMILES string of the molecule is CC/C=C\C/C=C\C/C=C\C/C=C\C/C=C\C/C=C\CCC(=O)OCC(COC(=O)CCCCCCCCCCCCCCC)OC(=O)CCCCCCCCC/C=C\C/C=C\CCCCCC. The Bertz CT molecular complexity index is 1360. The van der Waals surface area contributed by atoms with Gasteiger partial charge in [0.05, 0.1) is 0 Å². The van der Waals surface area contributed by atoms with Crippen molar-refractivity contribution in [3.63, 3.8) is 0 Å². The number of carbonyl (C=O) groups is 3. The van der Waals surface area contributed by atoms with Gasteiger partial charge in [-0.15, -0.1) is 0 Å². The van der Waals surface area contributed by atoms with Crippen molar-refractivity contribution in [1.29, 1.82) is 0 Å². The second-order valence-corrected chi connectivity index (χ2v) is 18.5. The summed E-state index contributed by atoms with van der Waals surface area (Å²) in [5, 5.41) is 0. The molecule has 0 N–H and O–H groups in total. The first-order valence-corrected chi connectivity index (χ1v) is 28.2. The molecule has 0 saturated carbocycles. The molecular weight excluding hydrogens is 841 g/mol. The summed E-state index contributed by atoms with van der Waals surface area (Å²) in [5.74, 6) is -0.995. The average molecular weight is 946 g/mol. The molecule has 0 rings (SSSR count). The highest BCUT2D eigenvalue weighted by Gasteiger charge is 2.19. The smallest absolute Gasteiger partial charge is 0.306 e. The summed E-state index contributed by atoms with van der Waals surface area (Å²) < 4.78 is 16.8. The second-order valence-electron chi connectivity index (χ2n) is 18.5. The van der Waals surface area contributed by atoms with Crippen LogP contribution in [0.3, 0.4) is 0 Å². The number of esters is 3. The topological polar surface area (TPSA) is 78.9 Å². The van der Waals surface area contributed by atoms with Crippen LogP contribution in [0.1, 0.15) is 258 Å². The monoisotopic (exact) mass is 945 g/mol. The maximum atomic E-state index is 12.8. The molecule has 0 aromatic carbocycles. The third-order valence-electron chi connectivity index (χ3n) is 11.8. The first-order chi connectivity index (χ1) is 33.5. The fourth-order valence-electron chi connectivity index (χ4n) is 7.62. The van der Waals surface area contributed by atoms with Crippen LogP contribution < -0.4 is 0 Å². The van der Waals surface area contributed by atoms with Gasteiger partial charge in [-0.25, -0.2) is 0 Å². The van der Waals surface area contributed by atoms with Crippen molar-refractivity contribution < 1.29 is 28.6 Å². The van der Waals surface area contributed by atoms with E-state index in [0.717, 1.165) is 89.9 Å². The highest BCUT2D eigenvalue weighted by Crippen LogP contribution is 2.15. The molecule has 0 aliphatic heterocycles. The highest BCUT2D eigenvalue weighted by atomic mass is 16.6. The van der Waals surface area contributed by atoms with Gasteiger partial charge in [0, 0.05) is 19.3 Å². The maximum Gasteiger partial charge on any atom is 0.306 e. The summed E-state index contributed by atoms with van der Waals surface area (Å²) in [4.78, 5) is 38.1. The van der Waals surface area contributed by atoms with Crippen LogP contribution in [0.2, 0.25) is 0 Å².